The Bertz CT molecular complexity index is 1240. The lowest BCUT2D eigenvalue weighted by molar-refractivity contribution is -0.134. The number of carbonyl (C=O) groups excluding carboxylic acids is 2. The highest BCUT2D eigenvalue weighted by atomic mass is 35.5. The molecule has 2 saturated heterocycles. The van der Waals surface area contributed by atoms with Gasteiger partial charge in [-0.05, 0) is 55.9 Å². The number of pyridine rings is 1. The number of likely N-dealkylation sites (tertiary alicyclic amines) is 1. The van der Waals surface area contributed by atoms with Gasteiger partial charge in [-0.3, -0.25) is 9.59 Å². The minimum absolute atomic E-state index is 0.0235. The van der Waals surface area contributed by atoms with Crippen LogP contribution in [0.25, 0.3) is 0 Å². The molecule has 0 bridgehead atoms. The lowest BCUT2D eigenvalue weighted by Gasteiger charge is -2.36. The molecule has 2 aliphatic rings. The number of sulfone groups is 1. The molecule has 2 aromatic rings. The van der Waals surface area contributed by atoms with Crippen molar-refractivity contribution in [3.63, 3.8) is 0 Å². The zero-order chi connectivity index (χ0) is 26.6. The second kappa shape index (κ2) is 11.8. The lowest BCUT2D eigenvalue weighted by Crippen LogP contribution is -2.42. The van der Waals surface area contributed by atoms with Crippen molar-refractivity contribution in [3.05, 3.63) is 47.1 Å². The molecule has 0 radical (unpaired) electrons. The predicted molar refractivity (Wildman–Crippen MR) is 143 cm³/mol. The fourth-order valence-corrected chi connectivity index (χ4v) is 5.64. The van der Waals surface area contributed by atoms with Crippen molar-refractivity contribution >= 4 is 44.8 Å². The summed E-state index contributed by atoms with van der Waals surface area (Å²) in [7, 11) is -1.81. The maximum Gasteiger partial charge on any atom is 0.255 e. The van der Waals surface area contributed by atoms with Crippen LogP contribution in [0.15, 0.2) is 41.4 Å². The first kappa shape index (κ1) is 27.3. The molecule has 200 valence electrons. The van der Waals surface area contributed by atoms with Crippen molar-refractivity contribution in [1.82, 2.24) is 9.88 Å². The van der Waals surface area contributed by atoms with Gasteiger partial charge in [-0.15, -0.1) is 0 Å². The maximum absolute atomic E-state index is 12.9. The molecule has 9 nitrogen and oxygen atoms in total. The number of halogens is 1. The summed E-state index contributed by atoms with van der Waals surface area (Å²) >= 11 is 6.03. The zero-order valence-corrected chi connectivity index (χ0v) is 22.7. The SMILES string of the molecule is COC1CCN(C(=O)CC2CCN(c3ncc(S(C)(=O)=O)cc3NC(=O)c3cccc(Cl)c3)CC2)CC1. The summed E-state index contributed by atoms with van der Waals surface area (Å²) in [4.78, 5) is 34.2. The van der Waals surface area contributed by atoms with Crippen LogP contribution < -0.4 is 10.2 Å². The summed E-state index contributed by atoms with van der Waals surface area (Å²) in [6.45, 7) is 2.77. The van der Waals surface area contributed by atoms with E-state index in [2.05, 4.69) is 10.3 Å². The van der Waals surface area contributed by atoms with Crippen molar-refractivity contribution in [1.29, 1.82) is 0 Å². The van der Waals surface area contributed by atoms with Gasteiger partial charge in [0.15, 0.2) is 15.7 Å². The zero-order valence-electron chi connectivity index (χ0n) is 21.2. The van der Waals surface area contributed by atoms with Gasteiger partial charge in [-0.25, -0.2) is 13.4 Å². The topological polar surface area (TPSA) is 109 Å². The van der Waals surface area contributed by atoms with E-state index in [1.807, 2.05) is 9.80 Å². The van der Waals surface area contributed by atoms with E-state index >= 15 is 0 Å². The van der Waals surface area contributed by atoms with Crippen LogP contribution in [0.5, 0.6) is 0 Å². The van der Waals surface area contributed by atoms with E-state index in [1.54, 1.807) is 31.4 Å². The van der Waals surface area contributed by atoms with Gasteiger partial charge in [0.2, 0.25) is 5.91 Å². The molecular formula is C26H33ClN4O5S. The minimum atomic E-state index is -3.52. The highest BCUT2D eigenvalue weighted by molar-refractivity contribution is 7.90. The molecule has 1 N–H and O–H groups in total. The molecule has 1 aromatic carbocycles. The third-order valence-electron chi connectivity index (χ3n) is 7.11. The number of hydrogen-bond acceptors (Lipinski definition) is 7. The van der Waals surface area contributed by atoms with Gasteiger partial charge in [0, 0.05) is 62.7 Å². The number of benzene rings is 1. The van der Waals surface area contributed by atoms with Gasteiger partial charge in [0.05, 0.1) is 16.7 Å². The molecular weight excluding hydrogens is 516 g/mol. The second-order valence-corrected chi connectivity index (χ2v) is 12.2. The number of methoxy groups -OCH3 is 1. The van der Waals surface area contributed by atoms with E-state index in [0.717, 1.165) is 45.0 Å². The molecule has 1 aromatic heterocycles. The number of nitrogens with one attached hydrogen (secondary N) is 1. The first-order valence-electron chi connectivity index (χ1n) is 12.5. The Balaban J connectivity index is 1.43. The summed E-state index contributed by atoms with van der Waals surface area (Å²) in [6, 6.07) is 7.97. The van der Waals surface area contributed by atoms with Gasteiger partial charge < -0.3 is 19.9 Å². The standard InChI is InChI=1S/C26H33ClN4O5S/c1-36-21-8-12-30(13-9-21)24(32)14-18-6-10-31(11-7-18)25-23(16-22(17-28-25)37(2,34)35)29-26(33)19-4-3-5-20(27)15-19/h3-5,15-18,21H,6-14H2,1-2H3,(H,29,33). The molecule has 2 aliphatic heterocycles. The fraction of sp³-hybridized carbons (Fsp3) is 0.500. The normalized spacial score (nSPS) is 17.6. The van der Waals surface area contributed by atoms with E-state index in [0.29, 0.717) is 41.6 Å². The van der Waals surface area contributed by atoms with Crippen molar-refractivity contribution < 1.29 is 22.7 Å². The van der Waals surface area contributed by atoms with Crippen LogP contribution in [-0.2, 0) is 19.4 Å². The lowest BCUT2D eigenvalue weighted by atomic mass is 9.92. The van der Waals surface area contributed by atoms with Crippen LogP contribution in [-0.4, -0.2) is 75.8 Å². The number of carbonyl (C=O) groups is 2. The van der Waals surface area contributed by atoms with E-state index < -0.39 is 15.7 Å². The van der Waals surface area contributed by atoms with Crippen LogP contribution in [0.3, 0.4) is 0 Å². The molecule has 0 aliphatic carbocycles. The molecule has 37 heavy (non-hydrogen) atoms. The van der Waals surface area contributed by atoms with Gasteiger partial charge in [0.25, 0.3) is 5.91 Å². The van der Waals surface area contributed by atoms with Crippen molar-refractivity contribution in [2.24, 2.45) is 5.92 Å². The van der Waals surface area contributed by atoms with Gasteiger partial charge >= 0.3 is 0 Å². The molecule has 0 atom stereocenters. The van der Waals surface area contributed by atoms with Crippen LogP contribution >= 0.6 is 11.6 Å². The number of ether oxygens (including phenoxy) is 1. The third kappa shape index (κ3) is 7.00. The van der Waals surface area contributed by atoms with Crippen molar-refractivity contribution in [2.75, 3.05) is 49.8 Å². The first-order valence-corrected chi connectivity index (χ1v) is 14.7. The van der Waals surface area contributed by atoms with Crippen molar-refractivity contribution in [3.8, 4) is 0 Å². The number of hydrogen-bond donors (Lipinski definition) is 1. The molecule has 2 amide bonds. The van der Waals surface area contributed by atoms with Gasteiger partial charge in [-0.1, -0.05) is 17.7 Å². The molecule has 3 heterocycles. The summed E-state index contributed by atoms with van der Waals surface area (Å²) in [5.74, 6) is 0.560. The molecule has 11 heteroatoms. The maximum atomic E-state index is 12.9. The Morgan fingerprint density at radius 2 is 1.81 bits per heavy atom. The van der Waals surface area contributed by atoms with E-state index in [9.17, 15) is 18.0 Å². The van der Waals surface area contributed by atoms with Crippen LogP contribution in [0.2, 0.25) is 5.02 Å². The average Bonchev–Trinajstić information content (AvgIpc) is 2.88. The van der Waals surface area contributed by atoms with Crippen LogP contribution in [0.1, 0.15) is 42.5 Å². The average molecular weight is 549 g/mol. The Morgan fingerprint density at radius 3 is 2.43 bits per heavy atom. The summed E-state index contributed by atoms with van der Waals surface area (Å²) in [5, 5.41) is 3.25. The summed E-state index contributed by atoms with van der Waals surface area (Å²) in [5.41, 5.74) is 0.679. The van der Waals surface area contributed by atoms with E-state index in [1.165, 1.54) is 12.3 Å². The Kier molecular flexibility index (Phi) is 8.71. The van der Waals surface area contributed by atoms with Crippen molar-refractivity contribution in [2.45, 2.75) is 43.1 Å². The number of aromatic nitrogens is 1. The minimum Gasteiger partial charge on any atom is -0.381 e. The second-order valence-electron chi connectivity index (χ2n) is 9.73. The molecule has 0 unspecified atom stereocenters. The monoisotopic (exact) mass is 548 g/mol. The quantitative estimate of drug-likeness (QED) is 0.562. The highest BCUT2D eigenvalue weighted by Crippen LogP contribution is 2.32. The number of piperidine rings is 2. The van der Waals surface area contributed by atoms with Gasteiger partial charge in [-0.2, -0.15) is 0 Å². The highest BCUT2D eigenvalue weighted by Gasteiger charge is 2.28. The van der Waals surface area contributed by atoms with Crippen LogP contribution in [0.4, 0.5) is 11.5 Å². The molecule has 0 spiro atoms. The first-order chi connectivity index (χ1) is 17.6. The number of amides is 2. The van der Waals surface area contributed by atoms with Gasteiger partial charge in [0.1, 0.15) is 0 Å². The van der Waals surface area contributed by atoms with E-state index in [-0.39, 0.29) is 22.8 Å². The Hall–Kier alpha value is -2.69. The largest absolute Gasteiger partial charge is 0.381 e. The molecule has 4 rings (SSSR count). The fourth-order valence-electron chi connectivity index (χ4n) is 4.88. The smallest absolute Gasteiger partial charge is 0.255 e. The number of anilines is 2. The Labute approximate surface area is 223 Å². The third-order valence-corrected chi connectivity index (χ3v) is 8.42. The molecule has 0 saturated carbocycles. The number of nitrogens with zero attached hydrogens (tertiary/aromatic N) is 3. The van der Waals surface area contributed by atoms with E-state index in [4.69, 9.17) is 16.3 Å². The van der Waals surface area contributed by atoms with Crippen LogP contribution in [0, 0.1) is 5.92 Å². The summed E-state index contributed by atoms with van der Waals surface area (Å²) in [6.07, 6.45) is 6.53. The molecule has 2 fully saturated rings. The summed E-state index contributed by atoms with van der Waals surface area (Å²) < 4.78 is 29.7. The predicted octanol–water partition coefficient (Wildman–Crippen LogP) is 3.63. The Morgan fingerprint density at radius 1 is 1.11 bits per heavy atom. The number of rotatable bonds is 7.